The number of hydrogen-bond acceptors (Lipinski definition) is 0. The molecular weight excluding hydrogens is 292 g/mol. The molecule has 1 aromatic heterocycles. The van der Waals surface area contributed by atoms with Gasteiger partial charge >= 0.3 is 0 Å². The molecule has 1 aliphatic rings. The van der Waals surface area contributed by atoms with Gasteiger partial charge in [-0.2, -0.15) is 0 Å². The molecule has 0 spiro atoms. The van der Waals surface area contributed by atoms with E-state index in [0.717, 1.165) is 14.5 Å². The summed E-state index contributed by atoms with van der Waals surface area (Å²) in [5.74, 6) is -0.105. The zero-order valence-corrected chi connectivity index (χ0v) is 9.66. The van der Waals surface area contributed by atoms with Crippen molar-refractivity contribution in [1.29, 1.82) is 0 Å². The lowest BCUT2D eigenvalue weighted by molar-refractivity contribution is 0.639. The van der Waals surface area contributed by atoms with E-state index in [1.54, 1.807) is 6.07 Å². The number of nitrogens with zero attached hydrogens (tertiary/aromatic N) is 1. The standard InChI is InChI=1S/C11H9FIN/c12-8-2-1-3-10-11(8)9(13)6-14(10)7-4-5-7/h1-3,6-7H,4-5H2. The van der Waals surface area contributed by atoms with Crippen molar-refractivity contribution in [1.82, 2.24) is 4.57 Å². The first-order valence-electron chi connectivity index (χ1n) is 4.72. The highest BCUT2D eigenvalue weighted by molar-refractivity contribution is 14.1. The minimum Gasteiger partial charge on any atom is -0.343 e. The summed E-state index contributed by atoms with van der Waals surface area (Å²) in [6.45, 7) is 0. The van der Waals surface area contributed by atoms with Gasteiger partial charge in [0, 0.05) is 21.2 Å². The zero-order chi connectivity index (χ0) is 9.71. The van der Waals surface area contributed by atoms with Crippen molar-refractivity contribution in [2.75, 3.05) is 0 Å². The van der Waals surface area contributed by atoms with Crippen molar-refractivity contribution >= 4 is 33.5 Å². The van der Waals surface area contributed by atoms with Crippen molar-refractivity contribution in [2.24, 2.45) is 0 Å². The van der Waals surface area contributed by atoms with Crippen LogP contribution < -0.4 is 0 Å². The van der Waals surface area contributed by atoms with Crippen molar-refractivity contribution < 1.29 is 4.39 Å². The summed E-state index contributed by atoms with van der Waals surface area (Å²) in [6.07, 6.45) is 4.53. The normalized spacial score (nSPS) is 16.4. The second-order valence-electron chi connectivity index (χ2n) is 3.75. The molecule has 1 nitrogen and oxygen atoms in total. The van der Waals surface area contributed by atoms with E-state index in [-0.39, 0.29) is 5.82 Å². The Kier molecular flexibility index (Phi) is 1.84. The van der Waals surface area contributed by atoms with Gasteiger partial charge in [-0.05, 0) is 47.6 Å². The number of aromatic nitrogens is 1. The maximum absolute atomic E-state index is 13.5. The van der Waals surface area contributed by atoms with Gasteiger partial charge in [-0.1, -0.05) is 6.07 Å². The molecule has 0 aliphatic heterocycles. The maximum atomic E-state index is 13.5. The SMILES string of the molecule is Fc1cccc2c1c(I)cn2C1CC1. The minimum atomic E-state index is -0.105. The van der Waals surface area contributed by atoms with E-state index < -0.39 is 0 Å². The van der Waals surface area contributed by atoms with Crippen LogP contribution in [-0.4, -0.2) is 4.57 Å². The van der Waals surface area contributed by atoms with Crippen LogP contribution in [0, 0.1) is 9.39 Å². The largest absolute Gasteiger partial charge is 0.343 e. The minimum absolute atomic E-state index is 0.105. The van der Waals surface area contributed by atoms with Crippen LogP contribution in [0.1, 0.15) is 18.9 Å². The van der Waals surface area contributed by atoms with E-state index in [1.807, 2.05) is 6.07 Å². The van der Waals surface area contributed by atoms with Crippen molar-refractivity contribution in [3.8, 4) is 0 Å². The number of fused-ring (bicyclic) bond motifs is 1. The Bertz CT molecular complexity index is 499. The van der Waals surface area contributed by atoms with Crippen molar-refractivity contribution in [3.63, 3.8) is 0 Å². The fourth-order valence-electron chi connectivity index (χ4n) is 1.88. The summed E-state index contributed by atoms with van der Waals surface area (Å²) in [5, 5.41) is 0.778. The topological polar surface area (TPSA) is 4.93 Å². The van der Waals surface area contributed by atoms with Crippen LogP contribution in [-0.2, 0) is 0 Å². The van der Waals surface area contributed by atoms with Crippen LogP contribution in [0.2, 0.25) is 0 Å². The van der Waals surface area contributed by atoms with E-state index >= 15 is 0 Å². The quantitative estimate of drug-likeness (QED) is 0.708. The molecule has 0 radical (unpaired) electrons. The average Bonchev–Trinajstić information content (AvgIpc) is 2.93. The number of halogens is 2. The molecule has 0 amide bonds. The number of hydrogen-bond donors (Lipinski definition) is 0. The smallest absolute Gasteiger partial charge is 0.133 e. The summed E-state index contributed by atoms with van der Waals surface area (Å²) < 4.78 is 16.8. The molecule has 14 heavy (non-hydrogen) atoms. The van der Waals surface area contributed by atoms with Gasteiger partial charge in [0.05, 0.1) is 5.52 Å². The Hall–Kier alpha value is -0.580. The molecular formula is C11H9FIN. The van der Waals surface area contributed by atoms with E-state index in [2.05, 4.69) is 33.4 Å². The monoisotopic (exact) mass is 301 g/mol. The van der Waals surface area contributed by atoms with Gasteiger partial charge in [-0.15, -0.1) is 0 Å². The molecule has 0 N–H and O–H groups in total. The lowest BCUT2D eigenvalue weighted by Crippen LogP contribution is -1.90. The van der Waals surface area contributed by atoms with Gasteiger partial charge in [0.15, 0.2) is 0 Å². The molecule has 0 atom stereocenters. The van der Waals surface area contributed by atoms with Crippen LogP contribution in [0.4, 0.5) is 4.39 Å². The first-order chi connectivity index (χ1) is 6.77. The highest BCUT2D eigenvalue weighted by Gasteiger charge is 2.25. The van der Waals surface area contributed by atoms with Gasteiger partial charge in [-0.25, -0.2) is 4.39 Å². The Morgan fingerprint density at radius 3 is 2.86 bits per heavy atom. The summed E-state index contributed by atoms with van der Waals surface area (Å²) in [5.41, 5.74) is 1.04. The van der Waals surface area contributed by atoms with Crippen LogP contribution >= 0.6 is 22.6 Å². The Balaban J connectivity index is 2.37. The third-order valence-corrected chi connectivity index (χ3v) is 3.52. The number of benzene rings is 1. The molecule has 1 heterocycles. The van der Waals surface area contributed by atoms with Gasteiger partial charge in [0.25, 0.3) is 0 Å². The predicted octanol–water partition coefficient (Wildman–Crippen LogP) is 3.72. The molecule has 1 aliphatic carbocycles. The molecule has 3 rings (SSSR count). The van der Waals surface area contributed by atoms with Gasteiger partial charge < -0.3 is 4.57 Å². The molecule has 0 saturated heterocycles. The molecule has 3 heteroatoms. The van der Waals surface area contributed by atoms with Crippen LogP contribution in [0.25, 0.3) is 10.9 Å². The van der Waals surface area contributed by atoms with E-state index in [4.69, 9.17) is 0 Å². The highest BCUT2D eigenvalue weighted by atomic mass is 127. The summed E-state index contributed by atoms with van der Waals surface area (Å²) in [4.78, 5) is 0. The summed E-state index contributed by atoms with van der Waals surface area (Å²) >= 11 is 2.20. The van der Waals surface area contributed by atoms with Crippen LogP contribution in [0.15, 0.2) is 24.4 Å². The van der Waals surface area contributed by atoms with Gasteiger partial charge in [-0.3, -0.25) is 0 Å². The van der Waals surface area contributed by atoms with Crippen LogP contribution in [0.3, 0.4) is 0 Å². The van der Waals surface area contributed by atoms with E-state index in [0.29, 0.717) is 6.04 Å². The third kappa shape index (κ3) is 1.18. The third-order valence-electron chi connectivity index (χ3n) is 2.70. The number of rotatable bonds is 1. The summed E-state index contributed by atoms with van der Waals surface area (Å²) in [6, 6.07) is 5.93. The van der Waals surface area contributed by atoms with Gasteiger partial charge in [0.2, 0.25) is 0 Å². The zero-order valence-electron chi connectivity index (χ0n) is 7.50. The first-order valence-corrected chi connectivity index (χ1v) is 5.80. The lowest BCUT2D eigenvalue weighted by Gasteiger charge is -2.01. The van der Waals surface area contributed by atoms with Crippen molar-refractivity contribution in [2.45, 2.75) is 18.9 Å². The van der Waals surface area contributed by atoms with E-state index in [9.17, 15) is 4.39 Å². The molecule has 72 valence electrons. The fraction of sp³-hybridized carbons (Fsp3) is 0.273. The second-order valence-corrected chi connectivity index (χ2v) is 4.91. The highest BCUT2D eigenvalue weighted by Crippen LogP contribution is 2.39. The second kappa shape index (κ2) is 2.95. The predicted molar refractivity (Wildman–Crippen MR) is 62.9 cm³/mol. The first kappa shape index (κ1) is 8.71. The molecule has 1 saturated carbocycles. The molecule has 2 aromatic rings. The van der Waals surface area contributed by atoms with E-state index in [1.165, 1.54) is 18.9 Å². The Morgan fingerprint density at radius 2 is 2.14 bits per heavy atom. The molecule has 1 aromatic carbocycles. The molecule has 0 unspecified atom stereocenters. The van der Waals surface area contributed by atoms with Gasteiger partial charge in [0.1, 0.15) is 5.82 Å². The maximum Gasteiger partial charge on any atom is 0.133 e. The lowest BCUT2D eigenvalue weighted by atomic mass is 10.2. The fourth-order valence-corrected chi connectivity index (χ4v) is 2.71. The van der Waals surface area contributed by atoms with Crippen LogP contribution in [0.5, 0.6) is 0 Å². The summed E-state index contributed by atoms with van der Waals surface area (Å²) in [7, 11) is 0. The Labute approximate surface area is 95.0 Å². The molecule has 0 bridgehead atoms. The van der Waals surface area contributed by atoms with Crippen molar-refractivity contribution in [3.05, 3.63) is 33.8 Å². The molecule has 1 fully saturated rings. The average molecular weight is 301 g/mol. The Morgan fingerprint density at radius 1 is 1.36 bits per heavy atom.